The number of likely N-dealkylation sites (tertiary alicyclic amines) is 1. The van der Waals surface area contributed by atoms with E-state index in [0.717, 1.165) is 23.9 Å². The number of anilines is 2. The quantitative estimate of drug-likeness (QED) is 0.233. The first-order valence-corrected chi connectivity index (χ1v) is 18.3. The number of carboxylic acids is 1. The number of nitrogens with zero attached hydrogens (tertiary/aromatic N) is 8. The van der Waals surface area contributed by atoms with Crippen LogP contribution in [0.4, 0.5) is 20.6 Å². The summed E-state index contributed by atoms with van der Waals surface area (Å²) < 4.78 is 35.8. The molecule has 4 aliphatic rings. The smallest absolute Gasteiger partial charge is 0.477 e. The van der Waals surface area contributed by atoms with Crippen molar-refractivity contribution in [2.24, 2.45) is 13.0 Å². The zero-order chi connectivity index (χ0) is 40.8. The number of pyridine rings is 3. The van der Waals surface area contributed by atoms with Crippen LogP contribution in [0.1, 0.15) is 54.6 Å². The molecule has 4 aromatic rings. The van der Waals surface area contributed by atoms with Gasteiger partial charge in [-0.05, 0) is 53.1 Å². The van der Waals surface area contributed by atoms with E-state index in [0.29, 0.717) is 35.5 Å². The van der Waals surface area contributed by atoms with Crippen molar-refractivity contribution in [2.75, 3.05) is 43.5 Å². The molecule has 0 radical (unpaired) electrons. The highest BCUT2D eigenvalue weighted by Crippen LogP contribution is 2.51. The summed E-state index contributed by atoms with van der Waals surface area (Å²) in [5.74, 6) is -2.25. The van der Waals surface area contributed by atoms with Crippen molar-refractivity contribution in [3.8, 4) is 28.6 Å². The topological polar surface area (TPSA) is 193 Å². The lowest BCUT2D eigenvalue weighted by atomic mass is 9.95. The van der Waals surface area contributed by atoms with Crippen LogP contribution in [0.3, 0.4) is 0 Å². The van der Waals surface area contributed by atoms with Gasteiger partial charge in [-0.2, -0.15) is 5.26 Å². The Morgan fingerprint density at radius 2 is 1.91 bits per heavy atom. The zero-order valence-corrected chi connectivity index (χ0v) is 32.3. The second kappa shape index (κ2) is 13.3. The molecule has 3 aromatic heterocycles. The first-order valence-electron chi connectivity index (χ1n) is 18.3. The molecule has 0 aliphatic carbocycles. The Labute approximate surface area is 324 Å². The van der Waals surface area contributed by atoms with E-state index in [1.54, 1.807) is 57.8 Å². The van der Waals surface area contributed by atoms with Crippen molar-refractivity contribution in [2.45, 2.75) is 52.3 Å². The molecule has 2 saturated heterocycles. The van der Waals surface area contributed by atoms with Gasteiger partial charge in [-0.3, -0.25) is 9.69 Å². The number of nitriles is 1. The predicted octanol–water partition coefficient (Wildman–Crippen LogP) is 5.18. The number of ether oxygens (including phenoxy) is 1. The minimum atomic E-state index is -1.39. The molecular formula is C40H39FN8O8. The van der Waals surface area contributed by atoms with Crippen molar-refractivity contribution in [3.63, 3.8) is 0 Å². The van der Waals surface area contributed by atoms with Crippen molar-refractivity contribution >= 4 is 45.4 Å². The third kappa shape index (κ3) is 6.16. The Kier molecular flexibility index (Phi) is 8.72. The number of aromatic nitrogens is 4. The minimum Gasteiger partial charge on any atom is -0.477 e. The summed E-state index contributed by atoms with van der Waals surface area (Å²) in [4.78, 5) is 66.8. The van der Waals surface area contributed by atoms with Gasteiger partial charge in [0.2, 0.25) is 5.43 Å². The second-order valence-electron chi connectivity index (χ2n) is 15.8. The van der Waals surface area contributed by atoms with Crippen LogP contribution >= 0.6 is 0 Å². The molecule has 4 aliphatic heterocycles. The van der Waals surface area contributed by atoms with E-state index >= 15 is 4.39 Å². The lowest BCUT2D eigenvalue weighted by molar-refractivity contribution is 0.0588. The molecule has 294 valence electrons. The number of rotatable bonds is 6. The Hall–Kier alpha value is -6.54. The summed E-state index contributed by atoms with van der Waals surface area (Å²) >= 11 is 0. The van der Waals surface area contributed by atoms with Crippen LogP contribution in [0.15, 0.2) is 49.1 Å². The van der Waals surface area contributed by atoms with E-state index in [2.05, 4.69) is 14.8 Å². The molecule has 2 fully saturated rings. The lowest BCUT2D eigenvalue weighted by Crippen LogP contribution is -2.35. The number of benzene rings is 1. The summed E-state index contributed by atoms with van der Waals surface area (Å²) in [6.45, 7) is 8.73. The highest BCUT2D eigenvalue weighted by Gasteiger charge is 2.43. The summed E-state index contributed by atoms with van der Waals surface area (Å²) in [5.41, 5.74) is -0.00972. The number of aromatic carboxylic acids is 1. The Morgan fingerprint density at radius 3 is 2.58 bits per heavy atom. The van der Waals surface area contributed by atoms with Crippen molar-refractivity contribution in [1.82, 2.24) is 24.0 Å². The first-order chi connectivity index (χ1) is 26.9. The molecule has 1 amide bonds. The SMILES string of the molecule is Cc1oc(=O)oc1Cn1cc(-c2cnc3c(c2)c(=O)c(C(=O)O)cn3C)c(N2CC[C@H]3CN(C)C[C@H]32)c2c3c(C#N)c(F)cc(N(C)C(=O)OC(C)(C)C)c3nc1-2. The summed E-state index contributed by atoms with van der Waals surface area (Å²) in [5, 5.41) is 20.7. The van der Waals surface area contributed by atoms with Crippen LogP contribution in [0.25, 0.3) is 44.5 Å². The monoisotopic (exact) mass is 778 g/mol. The van der Waals surface area contributed by atoms with Gasteiger partial charge < -0.3 is 37.6 Å². The number of carbonyl (C=O) groups excluding carboxylic acids is 1. The molecule has 7 heterocycles. The van der Waals surface area contributed by atoms with E-state index in [-0.39, 0.29) is 69.0 Å². The molecule has 0 spiro atoms. The standard InChI is InChI=1S/C40H39FN8O8/c1-19-29(56-39(54)55-19)18-48-16-24(21-10-22-34(50)25(37(51)52)15-46(6)35(22)43-13-21)33(49-9-8-20-14-45(5)17-28(20)49)31-30-23(12-42)26(41)11-27(32(30)44-36(31)48)47(7)38(53)57-40(2,3)4/h10-11,13,15-16,20,28H,8-9,14,17-18H2,1-7H3,(H,51,52)/t20-,28+/m0/s1. The van der Waals surface area contributed by atoms with Gasteiger partial charge in [-0.25, -0.2) is 28.7 Å². The molecule has 2 atom stereocenters. The third-order valence-corrected chi connectivity index (χ3v) is 10.8. The summed E-state index contributed by atoms with van der Waals surface area (Å²) in [7, 11) is 5.07. The van der Waals surface area contributed by atoms with E-state index < -0.39 is 40.3 Å². The molecule has 8 rings (SSSR count). The predicted molar refractivity (Wildman–Crippen MR) is 206 cm³/mol. The maximum absolute atomic E-state index is 16.4. The summed E-state index contributed by atoms with van der Waals surface area (Å²) in [6.07, 6.45) is 4.61. The van der Waals surface area contributed by atoms with E-state index in [9.17, 15) is 29.5 Å². The number of halogens is 1. The molecule has 0 unspecified atom stereocenters. The van der Waals surface area contributed by atoms with Crippen molar-refractivity contribution in [3.05, 3.63) is 80.0 Å². The molecule has 0 saturated carbocycles. The number of carbonyl (C=O) groups is 2. The van der Waals surface area contributed by atoms with Crippen molar-refractivity contribution < 1.29 is 32.7 Å². The Balaban J connectivity index is 1.52. The third-order valence-electron chi connectivity index (χ3n) is 10.8. The molecule has 0 bridgehead atoms. The molecule has 1 aromatic carbocycles. The van der Waals surface area contributed by atoms with Gasteiger partial charge in [0, 0.05) is 80.9 Å². The number of fused-ring (bicyclic) bond motifs is 5. The van der Waals surface area contributed by atoms with Crippen molar-refractivity contribution in [1.29, 1.82) is 5.26 Å². The first kappa shape index (κ1) is 37.4. The maximum Gasteiger partial charge on any atom is 0.519 e. The Bertz CT molecular complexity index is 2800. The Morgan fingerprint density at radius 1 is 1.16 bits per heavy atom. The summed E-state index contributed by atoms with van der Waals surface area (Å²) in [6, 6.07) is 4.70. The van der Waals surface area contributed by atoms with Gasteiger partial charge in [0.15, 0.2) is 5.76 Å². The zero-order valence-electron chi connectivity index (χ0n) is 32.3. The van der Waals surface area contributed by atoms with E-state index in [1.807, 2.05) is 13.1 Å². The fourth-order valence-corrected chi connectivity index (χ4v) is 8.31. The molecule has 17 heteroatoms. The van der Waals surface area contributed by atoms with Crippen LogP contribution in [0.2, 0.25) is 0 Å². The lowest BCUT2D eigenvalue weighted by Gasteiger charge is -2.32. The normalized spacial score (nSPS) is 17.1. The van der Waals surface area contributed by atoms with Gasteiger partial charge in [0.25, 0.3) is 0 Å². The number of likely N-dealkylation sites (N-methyl/N-ethyl adjacent to an activating group) is 1. The average molecular weight is 779 g/mol. The fourth-order valence-electron chi connectivity index (χ4n) is 8.31. The van der Waals surface area contributed by atoms with Gasteiger partial charge in [-0.15, -0.1) is 0 Å². The average Bonchev–Trinajstić information content (AvgIpc) is 3.90. The van der Waals surface area contributed by atoms with Crippen LogP contribution < -0.4 is 21.1 Å². The highest BCUT2D eigenvalue weighted by atomic mass is 19.1. The van der Waals surface area contributed by atoms with Crippen LogP contribution in [-0.2, 0) is 18.3 Å². The van der Waals surface area contributed by atoms with Gasteiger partial charge in [-0.1, -0.05) is 0 Å². The van der Waals surface area contributed by atoms with E-state index in [1.165, 1.54) is 17.8 Å². The van der Waals surface area contributed by atoms with Gasteiger partial charge in [0.1, 0.15) is 40.3 Å². The maximum atomic E-state index is 16.4. The van der Waals surface area contributed by atoms with Crippen LogP contribution in [-0.4, -0.2) is 86.5 Å². The molecule has 57 heavy (non-hydrogen) atoms. The number of hydrogen-bond acceptors (Lipinski definition) is 12. The molecule has 1 N–H and O–H groups in total. The minimum absolute atomic E-state index is 0.00482. The number of carboxylic acid groups (broad SMARTS) is 1. The van der Waals surface area contributed by atoms with Gasteiger partial charge >= 0.3 is 17.9 Å². The largest absolute Gasteiger partial charge is 0.519 e. The number of hydrogen-bond donors (Lipinski definition) is 1. The molecular weight excluding hydrogens is 739 g/mol. The van der Waals surface area contributed by atoms with E-state index in [4.69, 9.17) is 18.6 Å². The van der Waals surface area contributed by atoms with Gasteiger partial charge in [0.05, 0.1) is 39.9 Å². The van der Waals surface area contributed by atoms with Crippen LogP contribution in [0.5, 0.6) is 0 Å². The van der Waals surface area contributed by atoms with Crippen LogP contribution in [0, 0.1) is 30.0 Å². The fraction of sp³-hybridized carbons (Fsp3) is 0.375. The molecule has 16 nitrogen and oxygen atoms in total. The highest BCUT2D eigenvalue weighted by molar-refractivity contribution is 6.14. The second-order valence-corrected chi connectivity index (χ2v) is 15.8. The number of aryl methyl sites for hydroxylation is 2. The number of amides is 1.